The van der Waals surface area contributed by atoms with Crippen molar-refractivity contribution in [1.82, 2.24) is 4.90 Å². The van der Waals surface area contributed by atoms with Gasteiger partial charge in [0.2, 0.25) is 5.91 Å². The third-order valence-electron chi connectivity index (χ3n) is 5.65. The van der Waals surface area contributed by atoms with Crippen molar-refractivity contribution in [3.63, 3.8) is 0 Å². The molecule has 12 heteroatoms. The number of carbonyl (C=O) groups is 2. The third-order valence-corrected chi connectivity index (χ3v) is 7.53. The van der Waals surface area contributed by atoms with Crippen molar-refractivity contribution in [2.45, 2.75) is 24.9 Å². The summed E-state index contributed by atoms with van der Waals surface area (Å²) in [5, 5.41) is 2.95. The molecule has 4 aromatic rings. The zero-order valence-electron chi connectivity index (χ0n) is 21.4. The fourth-order valence-electron chi connectivity index (χ4n) is 3.83. The molecule has 0 saturated heterocycles. The van der Waals surface area contributed by atoms with Crippen molar-refractivity contribution in [1.29, 1.82) is 0 Å². The van der Waals surface area contributed by atoms with Gasteiger partial charge in [-0.15, -0.1) is 0 Å². The van der Waals surface area contributed by atoms with Crippen LogP contribution in [-0.2, 0) is 28.0 Å². The first-order valence-electron chi connectivity index (χ1n) is 11.8. The van der Waals surface area contributed by atoms with E-state index in [-0.39, 0.29) is 51.0 Å². The topological polar surface area (TPSA) is 115 Å². The minimum atomic E-state index is -4.27. The van der Waals surface area contributed by atoms with Gasteiger partial charge in [-0.25, -0.2) is 0 Å². The zero-order valence-corrected chi connectivity index (χ0v) is 23.7. The van der Waals surface area contributed by atoms with E-state index in [1.807, 2.05) is 0 Å². The average Bonchev–Trinajstić information content (AvgIpc) is 3.41. The van der Waals surface area contributed by atoms with E-state index in [1.165, 1.54) is 61.6 Å². The van der Waals surface area contributed by atoms with Crippen molar-refractivity contribution in [3.8, 4) is 11.5 Å². The Morgan fingerprint density at radius 1 is 0.925 bits per heavy atom. The Kier molecular flexibility index (Phi) is 9.03. The maximum Gasteiger partial charge on any atom is 0.339 e. The first kappa shape index (κ1) is 29.0. The van der Waals surface area contributed by atoms with Gasteiger partial charge < -0.3 is 23.6 Å². The predicted molar refractivity (Wildman–Crippen MR) is 150 cm³/mol. The second-order valence-corrected chi connectivity index (χ2v) is 10.9. The van der Waals surface area contributed by atoms with Gasteiger partial charge in [-0.2, -0.15) is 8.42 Å². The maximum atomic E-state index is 13.6. The van der Waals surface area contributed by atoms with Crippen LogP contribution in [0.3, 0.4) is 0 Å². The molecule has 0 atom stereocenters. The van der Waals surface area contributed by atoms with Gasteiger partial charge in [0.15, 0.2) is 11.5 Å². The minimum absolute atomic E-state index is 0.0346. The summed E-state index contributed by atoms with van der Waals surface area (Å²) < 4.78 is 42.3. The number of ether oxygens (including phenoxy) is 1. The number of hydrogen-bond acceptors (Lipinski definition) is 7. The highest BCUT2D eigenvalue weighted by atomic mass is 35.5. The normalized spacial score (nSPS) is 11.1. The van der Waals surface area contributed by atoms with Gasteiger partial charge in [-0.3, -0.25) is 9.59 Å². The molecule has 0 bridgehead atoms. The van der Waals surface area contributed by atoms with Crippen LogP contribution in [-0.4, -0.2) is 32.2 Å². The van der Waals surface area contributed by atoms with Crippen LogP contribution in [0.2, 0.25) is 10.0 Å². The lowest BCUT2D eigenvalue weighted by Crippen LogP contribution is -2.30. The summed E-state index contributed by atoms with van der Waals surface area (Å²) in [5.74, 6) is -0.124. The molecule has 0 saturated carbocycles. The number of carbonyl (C=O) groups excluding carboxylic acids is 2. The van der Waals surface area contributed by atoms with Crippen molar-refractivity contribution in [2.75, 3.05) is 12.4 Å². The number of nitrogens with zero attached hydrogens (tertiary/aromatic N) is 1. The molecule has 0 aliphatic rings. The number of amides is 2. The molecule has 40 heavy (non-hydrogen) atoms. The van der Waals surface area contributed by atoms with E-state index in [2.05, 4.69) is 5.32 Å². The molecule has 0 unspecified atom stereocenters. The summed E-state index contributed by atoms with van der Waals surface area (Å²) >= 11 is 12.6. The van der Waals surface area contributed by atoms with Gasteiger partial charge >= 0.3 is 10.1 Å². The summed E-state index contributed by atoms with van der Waals surface area (Å²) in [5.41, 5.74) is 1.11. The van der Waals surface area contributed by atoms with Gasteiger partial charge in [0.05, 0.1) is 35.5 Å². The molecule has 1 heterocycles. The molecule has 1 N–H and O–H groups in total. The number of hydrogen-bond donors (Lipinski definition) is 1. The van der Waals surface area contributed by atoms with Gasteiger partial charge in [0, 0.05) is 19.2 Å². The Hall–Kier alpha value is -3.99. The summed E-state index contributed by atoms with van der Waals surface area (Å²) in [6.45, 7) is 1.47. The molecule has 1 aromatic heterocycles. The smallest absolute Gasteiger partial charge is 0.339 e. The van der Waals surface area contributed by atoms with Crippen LogP contribution < -0.4 is 14.2 Å². The largest absolute Gasteiger partial charge is 0.493 e. The SMILES string of the molecule is COc1ccc(CN(Cc2ccco2)C(=O)c2c(Cl)cccc2Cl)cc1OS(=O)(=O)c1ccc(NC(C)=O)cc1. The number of benzene rings is 3. The molecule has 208 valence electrons. The molecule has 0 spiro atoms. The Morgan fingerprint density at radius 2 is 1.62 bits per heavy atom. The number of rotatable bonds is 10. The quantitative estimate of drug-likeness (QED) is 0.216. The van der Waals surface area contributed by atoms with Crippen LogP contribution in [0.15, 0.2) is 88.4 Å². The zero-order chi connectivity index (χ0) is 28.9. The van der Waals surface area contributed by atoms with E-state index in [0.29, 0.717) is 17.0 Å². The Bertz CT molecular complexity index is 1600. The second kappa shape index (κ2) is 12.5. The minimum Gasteiger partial charge on any atom is -0.493 e. The number of furan rings is 1. The summed E-state index contributed by atoms with van der Waals surface area (Å²) in [4.78, 5) is 26.2. The lowest BCUT2D eigenvalue weighted by molar-refractivity contribution is -0.114. The standard InChI is InChI=1S/C28H24Cl2N2O7S/c1-18(33)31-20-9-11-22(12-10-20)40(35,36)39-26-15-19(8-13-25(26)37-2)16-32(17-21-5-4-14-38-21)28(34)27-23(29)6-3-7-24(27)30/h3-15H,16-17H2,1-2H3,(H,31,33). The highest BCUT2D eigenvalue weighted by Gasteiger charge is 2.24. The molecule has 0 aliphatic carbocycles. The highest BCUT2D eigenvalue weighted by Crippen LogP contribution is 2.33. The van der Waals surface area contributed by atoms with Crippen LogP contribution in [0.5, 0.6) is 11.5 Å². The molecule has 0 aliphatic heterocycles. The van der Waals surface area contributed by atoms with Gasteiger partial charge in [0.25, 0.3) is 5.91 Å². The maximum absolute atomic E-state index is 13.6. The molecular formula is C28H24Cl2N2O7S. The summed E-state index contributed by atoms with van der Waals surface area (Å²) in [6.07, 6.45) is 1.49. The third kappa shape index (κ3) is 6.95. The van der Waals surface area contributed by atoms with Crippen LogP contribution in [0.1, 0.15) is 28.6 Å². The summed E-state index contributed by atoms with van der Waals surface area (Å²) in [6, 6.07) is 18.4. The number of nitrogens with one attached hydrogen (secondary N) is 1. The molecular weight excluding hydrogens is 579 g/mol. The van der Waals surface area contributed by atoms with Crippen molar-refractivity contribution >= 4 is 50.8 Å². The molecule has 0 fully saturated rings. The van der Waals surface area contributed by atoms with Crippen molar-refractivity contribution in [2.24, 2.45) is 0 Å². The monoisotopic (exact) mass is 602 g/mol. The second-order valence-electron chi connectivity index (χ2n) is 8.57. The lowest BCUT2D eigenvalue weighted by Gasteiger charge is -2.23. The fourth-order valence-corrected chi connectivity index (χ4v) is 5.32. The van der Waals surface area contributed by atoms with E-state index < -0.39 is 16.0 Å². The van der Waals surface area contributed by atoms with Crippen molar-refractivity contribution in [3.05, 3.63) is 106 Å². The van der Waals surface area contributed by atoms with E-state index in [1.54, 1.807) is 36.4 Å². The first-order valence-corrected chi connectivity index (χ1v) is 14.0. The van der Waals surface area contributed by atoms with E-state index >= 15 is 0 Å². The molecule has 0 radical (unpaired) electrons. The van der Waals surface area contributed by atoms with Crippen LogP contribution in [0.25, 0.3) is 0 Å². The summed E-state index contributed by atoms with van der Waals surface area (Å²) in [7, 11) is -2.89. The van der Waals surface area contributed by atoms with Crippen molar-refractivity contribution < 1.29 is 31.3 Å². The Morgan fingerprint density at radius 3 is 2.23 bits per heavy atom. The van der Waals surface area contributed by atoms with Crippen LogP contribution in [0, 0.1) is 0 Å². The molecule has 3 aromatic carbocycles. The lowest BCUT2D eigenvalue weighted by atomic mass is 10.1. The molecule has 2 amide bonds. The molecule has 9 nitrogen and oxygen atoms in total. The predicted octanol–water partition coefficient (Wildman–Crippen LogP) is 6.16. The number of methoxy groups -OCH3 is 1. The molecule has 4 rings (SSSR count). The van der Waals surface area contributed by atoms with E-state index in [0.717, 1.165) is 0 Å². The fraction of sp³-hybridized carbons (Fsp3) is 0.143. The van der Waals surface area contributed by atoms with Crippen LogP contribution in [0.4, 0.5) is 5.69 Å². The van der Waals surface area contributed by atoms with E-state index in [4.69, 9.17) is 36.5 Å². The highest BCUT2D eigenvalue weighted by molar-refractivity contribution is 7.87. The van der Waals surface area contributed by atoms with Gasteiger partial charge in [-0.05, 0) is 66.2 Å². The number of anilines is 1. The average molecular weight is 603 g/mol. The van der Waals surface area contributed by atoms with Crippen LogP contribution >= 0.6 is 23.2 Å². The van der Waals surface area contributed by atoms with Gasteiger partial charge in [-0.1, -0.05) is 35.3 Å². The Balaban J connectivity index is 1.63. The van der Waals surface area contributed by atoms with Gasteiger partial charge in [0.1, 0.15) is 10.7 Å². The van der Waals surface area contributed by atoms with E-state index in [9.17, 15) is 18.0 Å². The Labute approximate surface area is 241 Å². The first-order chi connectivity index (χ1) is 19.1. The number of halogens is 2.